The van der Waals surface area contributed by atoms with E-state index in [-0.39, 0.29) is 30.2 Å². The quantitative estimate of drug-likeness (QED) is 0.809. The molecule has 0 bridgehead atoms. The molecule has 6 heteroatoms. The van der Waals surface area contributed by atoms with Gasteiger partial charge in [0.25, 0.3) is 5.91 Å². The van der Waals surface area contributed by atoms with E-state index >= 15 is 0 Å². The Morgan fingerprint density at radius 3 is 2.43 bits per heavy atom. The van der Waals surface area contributed by atoms with Gasteiger partial charge in [-0.05, 0) is 49.7 Å². The third-order valence-corrected chi connectivity index (χ3v) is 4.97. The first-order valence-electron chi connectivity index (χ1n) is 9.55. The van der Waals surface area contributed by atoms with Crippen LogP contribution in [0.4, 0.5) is 11.4 Å². The second-order valence-corrected chi connectivity index (χ2v) is 7.09. The maximum Gasteiger partial charge on any atom is 0.251 e. The Labute approximate surface area is 164 Å². The van der Waals surface area contributed by atoms with Gasteiger partial charge in [0.15, 0.2) is 0 Å². The molecule has 0 aromatic heterocycles. The maximum atomic E-state index is 12.6. The molecule has 2 aromatic carbocycles. The SMILES string of the molecule is CCC(C)NC(=O)c1ccc(NC(=O)C2CC(=O)N(c3ccccc3)C2)cc1. The second-order valence-electron chi connectivity index (χ2n) is 7.09. The molecule has 0 spiro atoms. The molecule has 1 aliphatic heterocycles. The van der Waals surface area contributed by atoms with Gasteiger partial charge >= 0.3 is 0 Å². The number of para-hydroxylation sites is 1. The van der Waals surface area contributed by atoms with E-state index in [1.54, 1.807) is 29.2 Å². The molecule has 2 aromatic rings. The number of nitrogens with zero attached hydrogens (tertiary/aromatic N) is 1. The van der Waals surface area contributed by atoms with Crippen molar-refractivity contribution in [1.29, 1.82) is 0 Å². The zero-order chi connectivity index (χ0) is 20.1. The fourth-order valence-corrected chi connectivity index (χ4v) is 3.10. The van der Waals surface area contributed by atoms with Crippen molar-refractivity contribution in [2.75, 3.05) is 16.8 Å². The predicted octanol–water partition coefficient (Wildman–Crippen LogP) is 3.21. The highest BCUT2D eigenvalue weighted by Crippen LogP contribution is 2.25. The van der Waals surface area contributed by atoms with Gasteiger partial charge in [0.2, 0.25) is 11.8 Å². The van der Waals surface area contributed by atoms with Crippen LogP contribution in [0.5, 0.6) is 0 Å². The predicted molar refractivity (Wildman–Crippen MR) is 109 cm³/mol. The summed E-state index contributed by atoms with van der Waals surface area (Å²) in [5.41, 5.74) is 1.96. The molecule has 2 N–H and O–H groups in total. The van der Waals surface area contributed by atoms with Crippen LogP contribution in [0, 0.1) is 5.92 Å². The Kier molecular flexibility index (Phi) is 6.09. The van der Waals surface area contributed by atoms with Gasteiger partial charge < -0.3 is 15.5 Å². The summed E-state index contributed by atoms with van der Waals surface area (Å²) in [5.74, 6) is -0.778. The van der Waals surface area contributed by atoms with Crippen LogP contribution in [0.2, 0.25) is 0 Å². The van der Waals surface area contributed by atoms with Crippen LogP contribution >= 0.6 is 0 Å². The highest BCUT2D eigenvalue weighted by atomic mass is 16.2. The molecule has 1 fully saturated rings. The summed E-state index contributed by atoms with van der Waals surface area (Å²) in [5, 5.41) is 5.75. The highest BCUT2D eigenvalue weighted by Gasteiger charge is 2.35. The number of benzene rings is 2. The van der Waals surface area contributed by atoms with Crippen molar-refractivity contribution < 1.29 is 14.4 Å². The lowest BCUT2D eigenvalue weighted by Gasteiger charge is -2.16. The third-order valence-electron chi connectivity index (χ3n) is 4.97. The van der Waals surface area contributed by atoms with Crippen LogP contribution in [0.1, 0.15) is 37.0 Å². The number of carbonyl (C=O) groups excluding carboxylic acids is 3. The summed E-state index contributed by atoms with van der Waals surface area (Å²) < 4.78 is 0. The van der Waals surface area contributed by atoms with Crippen molar-refractivity contribution in [3.8, 4) is 0 Å². The Morgan fingerprint density at radius 2 is 1.79 bits per heavy atom. The van der Waals surface area contributed by atoms with Crippen LogP contribution < -0.4 is 15.5 Å². The molecular formula is C22H25N3O3. The van der Waals surface area contributed by atoms with Crippen LogP contribution in [0.15, 0.2) is 54.6 Å². The molecule has 3 rings (SSSR count). The van der Waals surface area contributed by atoms with Gasteiger partial charge in [-0.3, -0.25) is 14.4 Å². The monoisotopic (exact) mass is 379 g/mol. The molecule has 6 nitrogen and oxygen atoms in total. The van der Waals surface area contributed by atoms with Gasteiger partial charge in [0.1, 0.15) is 0 Å². The van der Waals surface area contributed by atoms with Crippen LogP contribution in [0.3, 0.4) is 0 Å². The van der Waals surface area contributed by atoms with E-state index in [9.17, 15) is 14.4 Å². The molecule has 28 heavy (non-hydrogen) atoms. The first kappa shape index (κ1) is 19.6. The number of nitrogens with one attached hydrogen (secondary N) is 2. The van der Waals surface area contributed by atoms with Gasteiger partial charge in [0.05, 0.1) is 5.92 Å². The van der Waals surface area contributed by atoms with Crippen molar-refractivity contribution in [3.05, 3.63) is 60.2 Å². The second kappa shape index (κ2) is 8.69. The van der Waals surface area contributed by atoms with E-state index in [0.717, 1.165) is 12.1 Å². The number of amides is 3. The summed E-state index contributed by atoms with van der Waals surface area (Å²) in [6.45, 7) is 4.33. The summed E-state index contributed by atoms with van der Waals surface area (Å²) in [6, 6.07) is 16.2. The Bertz CT molecular complexity index is 849. The standard InChI is InChI=1S/C22H25N3O3/c1-3-15(2)23-21(27)16-9-11-18(12-10-16)24-22(28)17-13-20(26)25(14-17)19-7-5-4-6-8-19/h4-12,15,17H,3,13-14H2,1-2H3,(H,23,27)(H,24,28). The summed E-state index contributed by atoms with van der Waals surface area (Å²) in [6.07, 6.45) is 1.05. The Hall–Kier alpha value is -3.15. The van der Waals surface area contributed by atoms with Gasteiger partial charge in [-0.1, -0.05) is 25.1 Å². The third kappa shape index (κ3) is 4.57. The molecule has 3 amide bonds. The normalized spacial score (nSPS) is 17.3. The molecular weight excluding hydrogens is 354 g/mol. The molecule has 1 heterocycles. The van der Waals surface area contributed by atoms with E-state index in [0.29, 0.717) is 17.8 Å². The van der Waals surface area contributed by atoms with Crippen LogP contribution in [-0.2, 0) is 9.59 Å². The zero-order valence-electron chi connectivity index (χ0n) is 16.1. The summed E-state index contributed by atoms with van der Waals surface area (Å²) in [4.78, 5) is 38.6. The van der Waals surface area contributed by atoms with Gasteiger partial charge in [-0.25, -0.2) is 0 Å². The highest BCUT2D eigenvalue weighted by molar-refractivity contribution is 6.03. The number of hydrogen-bond donors (Lipinski definition) is 2. The van der Waals surface area contributed by atoms with Crippen molar-refractivity contribution in [3.63, 3.8) is 0 Å². The van der Waals surface area contributed by atoms with Crippen molar-refractivity contribution in [2.24, 2.45) is 5.92 Å². The van der Waals surface area contributed by atoms with Gasteiger partial charge in [-0.2, -0.15) is 0 Å². The van der Waals surface area contributed by atoms with Crippen LogP contribution in [0.25, 0.3) is 0 Å². The van der Waals surface area contributed by atoms with Crippen molar-refractivity contribution in [2.45, 2.75) is 32.7 Å². The Morgan fingerprint density at radius 1 is 1.11 bits per heavy atom. The molecule has 0 saturated carbocycles. The zero-order valence-corrected chi connectivity index (χ0v) is 16.1. The minimum absolute atomic E-state index is 0.0524. The number of carbonyl (C=O) groups is 3. The lowest BCUT2D eigenvalue weighted by atomic mass is 10.1. The smallest absolute Gasteiger partial charge is 0.251 e. The first-order valence-corrected chi connectivity index (χ1v) is 9.55. The van der Waals surface area contributed by atoms with E-state index in [4.69, 9.17) is 0 Å². The molecule has 0 aliphatic carbocycles. The lowest BCUT2D eigenvalue weighted by molar-refractivity contribution is -0.122. The minimum Gasteiger partial charge on any atom is -0.350 e. The number of anilines is 2. The van der Waals surface area contributed by atoms with Crippen LogP contribution in [-0.4, -0.2) is 30.3 Å². The fraction of sp³-hybridized carbons (Fsp3) is 0.318. The molecule has 0 radical (unpaired) electrons. The van der Waals surface area contributed by atoms with E-state index < -0.39 is 5.92 Å². The van der Waals surface area contributed by atoms with Gasteiger partial charge in [-0.15, -0.1) is 0 Å². The summed E-state index contributed by atoms with van der Waals surface area (Å²) >= 11 is 0. The number of hydrogen-bond acceptors (Lipinski definition) is 3. The molecule has 2 unspecified atom stereocenters. The summed E-state index contributed by atoms with van der Waals surface area (Å²) in [7, 11) is 0. The molecule has 2 atom stereocenters. The van der Waals surface area contributed by atoms with Gasteiger partial charge in [0, 0.05) is 35.9 Å². The van der Waals surface area contributed by atoms with Crippen molar-refractivity contribution >= 4 is 29.1 Å². The largest absolute Gasteiger partial charge is 0.350 e. The minimum atomic E-state index is -0.402. The number of rotatable bonds is 6. The fourth-order valence-electron chi connectivity index (χ4n) is 3.10. The molecule has 146 valence electrons. The molecule has 1 saturated heterocycles. The lowest BCUT2D eigenvalue weighted by Crippen LogP contribution is -2.31. The topological polar surface area (TPSA) is 78.5 Å². The average Bonchev–Trinajstić information content (AvgIpc) is 3.11. The van der Waals surface area contributed by atoms with E-state index in [1.165, 1.54) is 0 Å². The first-order chi connectivity index (χ1) is 13.5. The Balaban J connectivity index is 1.59. The van der Waals surface area contributed by atoms with E-state index in [2.05, 4.69) is 10.6 Å². The maximum absolute atomic E-state index is 12.6. The molecule has 1 aliphatic rings. The van der Waals surface area contributed by atoms with Crippen molar-refractivity contribution in [1.82, 2.24) is 5.32 Å². The van der Waals surface area contributed by atoms with E-state index in [1.807, 2.05) is 44.2 Å². The average molecular weight is 379 g/mol.